The highest BCUT2D eigenvalue weighted by atomic mass is 35.5. The molecule has 0 aliphatic carbocycles. The standard InChI is InChI=1S/C11H23ClO2/c1-4-8-11(3,5-2)14-10(13)7-6-9-12/h10,13H,4-9H2,1-3H3. The molecule has 0 fully saturated rings. The van der Waals surface area contributed by atoms with E-state index in [-0.39, 0.29) is 5.60 Å². The third-order valence-electron chi connectivity index (χ3n) is 2.53. The second-order valence-corrected chi connectivity index (χ2v) is 4.34. The van der Waals surface area contributed by atoms with Crippen LogP contribution in [0.4, 0.5) is 0 Å². The molecular formula is C11H23ClO2. The van der Waals surface area contributed by atoms with E-state index in [1.54, 1.807) is 0 Å². The van der Waals surface area contributed by atoms with Crippen LogP contribution in [0, 0.1) is 0 Å². The number of halogens is 1. The Balaban J connectivity index is 3.89. The Hall–Kier alpha value is 0.210. The van der Waals surface area contributed by atoms with Crippen LogP contribution in [-0.2, 0) is 4.74 Å². The summed E-state index contributed by atoms with van der Waals surface area (Å²) in [7, 11) is 0. The van der Waals surface area contributed by atoms with Gasteiger partial charge in [0, 0.05) is 5.88 Å². The molecular weight excluding hydrogens is 200 g/mol. The van der Waals surface area contributed by atoms with Gasteiger partial charge in [-0.3, -0.25) is 0 Å². The van der Waals surface area contributed by atoms with Gasteiger partial charge in [0.15, 0.2) is 6.29 Å². The molecule has 0 saturated heterocycles. The first-order chi connectivity index (χ1) is 6.58. The minimum absolute atomic E-state index is 0.180. The Labute approximate surface area is 92.6 Å². The molecule has 3 heteroatoms. The molecule has 2 unspecified atom stereocenters. The van der Waals surface area contributed by atoms with Crippen molar-refractivity contribution >= 4 is 11.6 Å². The fraction of sp³-hybridized carbons (Fsp3) is 1.00. The zero-order valence-corrected chi connectivity index (χ0v) is 10.3. The van der Waals surface area contributed by atoms with E-state index in [0.29, 0.717) is 12.3 Å². The highest BCUT2D eigenvalue weighted by molar-refractivity contribution is 6.17. The zero-order valence-electron chi connectivity index (χ0n) is 9.55. The van der Waals surface area contributed by atoms with Crippen LogP contribution in [-0.4, -0.2) is 22.9 Å². The van der Waals surface area contributed by atoms with Gasteiger partial charge in [0.25, 0.3) is 0 Å². The summed E-state index contributed by atoms with van der Waals surface area (Å²) in [6.07, 6.45) is 3.76. The van der Waals surface area contributed by atoms with Gasteiger partial charge in [0.1, 0.15) is 0 Å². The van der Waals surface area contributed by atoms with E-state index in [1.165, 1.54) is 0 Å². The summed E-state index contributed by atoms with van der Waals surface area (Å²) in [5, 5.41) is 9.59. The molecule has 0 aromatic rings. The van der Waals surface area contributed by atoms with E-state index >= 15 is 0 Å². The fourth-order valence-electron chi connectivity index (χ4n) is 1.49. The van der Waals surface area contributed by atoms with Gasteiger partial charge in [-0.25, -0.2) is 0 Å². The molecule has 0 heterocycles. The first-order valence-corrected chi connectivity index (χ1v) is 6.03. The van der Waals surface area contributed by atoms with E-state index in [2.05, 4.69) is 20.8 Å². The molecule has 86 valence electrons. The van der Waals surface area contributed by atoms with Crippen molar-refractivity contribution in [2.45, 2.75) is 64.8 Å². The van der Waals surface area contributed by atoms with Crippen molar-refractivity contribution in [2.24, 2.45) is 0 Å². The van der Waals surface area contributed by atoms with Crippen LogP contribution < -0.4 is 0 Å². The lowest BCUT2D eigenvalue weighted by molar-refractivity contribution is -0.185. The van der Waals surface area contributed by atoms with E-state index < -0.39 is 6.29 Å². The summed E-state index contributed by atoms with van der Waals surface area (Å²) >= 11 is 5.55. The zero-order chi connectivity index (χ0) is 11.0. The van der Waals surface area contributed by atoms with Crippen molar-refractivity contribution in [3.05, 3.63) is 0 Å². The Kier molecular flexibility index (Phi) is 7.61. The maximum atomic E-state index is 9.59. The van der Waals surface area contributed by atoms with Crippen LogP contribution >= 0.6 is 11.6 Å². The normalized spacial score (nSPS) is 17.8. The van der Waals surface area contributed by atoms with Gasteiger partial charge in [0.2, 0.25) is 0 Å². The number of aliphatic hydroxyl groups is 1. The average Bonchev–Trinajstić information content (AvgIpc) is 2.15. The Morgan fingerprint density at radius 3 is 2.50 bits per heavy atom. The van der Waals surface area contributed by atoms with Crippen LogP contribution in [0.3, 0.4) is 0 Å². The first kappa shape index (κ1) is 14.2. The van der Waals surface area contributed by atoms with E-state index in [4.69, 9.17) is 16.3 Å². The van der Waals surface area contributed by atoms with Crippen molar-refractivity contribution < 1.29 is 9.84 Å². The van der Waals surface area contributed by atoms with Crippen LogP contribution in [0.15, 0.2) is 0 Å². The molecule has 0 saturated carbocycles. The van der Waals surface area contributed by atoms with Crippen LogP contribution in [0.5, 0.6) is 0 Å². The lowest BCUT2D eigenvalue weighted by Gasteiger charge is -2.31. The number of rotatable bonds is 8. The number of aliphatic hydroxyl groups excluding tert-OH is 1. The average molecular weight is 223 g/mol. The lowest BCUT2D eigenvalue weighted by Crippen LogP contribution is -2.33. The molecule has 0 amide bonds. The molecule has 0 aromatic carbocycles. The van der Waals surface area contributed by atoms with E-state index in [0.717, 1.165) is 25.7 Å². The maximum absolute atomic E-state index is 9.59. The molecule has 0 bridgehead atoms. The van der Waals surface area contributed by atoms with Crippen molar-refractivity contribution in [3.63, 3.8) is 0 Å². The predicted octanol–water partition coefficient (Wildman–Crippen LogP) is 3.31. The van der Waals surface area contributed by atoms with Crippen molar-refractivity contribution in [2.75, 3.05) is 5.88 Å². The Morgan fingerprint density at radius 2 is 2.07 bits per heavy atom. The highest BCUT2D eigenvalue weighted by Gasteiger charge is 2.24. The molecule has 1 N–H and O–H groups in total. The molecule has 0 spiro atoms. The van der Waals surface area contributed by atoms with Crippen LogP contribution in [0.2, 0.25) is 0 Å². The van der Waals surface area contributed by atoms with Crippen LogP contribution in [0.25, 0.3) is 0 Å². The van der Waals surface area contributed by atoms with Gasteiger partial charge < -0.3 is 9.84 Å². The Bertz CT molecular complexity index is 141. The topological polar surface area (TPSA) is 29.5 Å². The predicted molar refractivity (Wildman–Crippen MR) is 60.6 cm³/mol. The molecule has 0 aliphatic rings. The molecule has 0 aromatic heterocycles. The maximum Gasteiger partial charge on any atom is 0.155 e. The van der Waals surface area contributed by atoms with Crippen molar-refractivity contribution in [3.8, 4) is 0 Å². The fourth-order valence-corrected chi connectivity index (χ4v) is 1.64. The second-order valence-electron chi connectivity index (χ2n) is 3.96. The quantitative estimate of drug-likeness (QED) is 0.505. The number of hydrogen-bond donors (Lipinski definition) is 1. The molecule has 0 radical (unpaired) electrons. The lowest BCUT2D eigenvalue weighted by atomic mass is 9.97. The molecule has 2 nitrogen and oxygen atoms in total. The summed E-state index contributed by atoms with van der Waals surface area (Å²) in [6.45, 7) is 6.27. The van der Waals surface area contributed by atoms with Gasteiger partial charge in [-0.1, -0.05) is 20.3 Å². The van der Waals surface area contributed by atoms with Gasteiger partial charge in [-0.15, -0.1) is 11.6 Å². The van der Waals surface area contributed by atoms with Crippen molar-refractivity contribution in [1.29, 1.82) is 0 Å². The third-order valence-corrected chi connectivity index (χ3v) is 2.80. The number of hydrogen-bond acceptors (Lipinski definition) is 2. The van der Waals surface area contributed by atoms with Gasteiger partial charge in [0.05, 0.1) is 5.60 Å². The molecule has 2 atom stereocenters. The SMILES string of the molecule is CCCC(C)(CC)OC(O)CCCCl. The monoisotopic (exact) mass is 222 g/mol. The first-order valence-electron chi connectivity index (χ1n) is 5.49. The van der Waals surface area contributed by atoms with Gasteiger partial charge in [-0.2, -0.15) is 0 Å². The highest BCUT2D eigenvalue weighted by Crippen LogP contribution is 2.24. The van der Waals surface area contributed by atoms with Gasteiger partial charge in [-0.05, 0) is 32.6 Å². The largest absolute Gasteiger partial charge is 0.368 e. The summed E-state index contributed by atoms with van der Waals surface area (Å²) in [5.74, 6) is 0.580. The summed E-state index contributed by atoms with van der Waals surface area (Å²) < 4.78 is 5.63. The van der Waals surface area contributed by atoms with Crippen LogP contribution in [0.1, 0.15) is 52.9 Å². The minimum atomic E-state index is -0.662. The van der Waals surface area contributed by atoms with Crippen molar-refractivity contribution in [1.82, 2.24) is 0 Å². The minimum Gasteiger partial charge on any atom is -0.368 e. The summed E-state index contributed by atoms with van der Waals surface area (Å²) in [4.78, 5) is 0. The number of alkyl halides is 1. The number of ether oxygens (including phenoxy) is 1. The Morgan fingerprint density at radius 1 is 1.43 bits per heavy atom. The summed E-state index contributed by atoms with van der Waals surface area (Å²) in [5.41, 5.74) is -0.180. The molecule has 14 heavy (non-hydrogen) atoms. The van der Waals surface area contributed by atoms with Gasteiger partial charge >= 0.3 is 0 Å². The van der Waals surface area contributed by atoms with E-state index in [9.17, 15) is 5.11 Å². The third kappa shape index (κ3) is 5.84. The second kappa shape index (κ2) is 7.49. The molecule has 0 rings (SSSR count). The smallest absolute Gasteiger partial charge is 0.155 e. The molecule has 0 aliphatic heterocycles. The van der Waals surface area contributed by atoms with E-state index in [1.807, 2.05) is 0 Å². The summed E-state index contributed by atoms with van der Waals surface area (Å²) in [6, 6.07) is 0.